The highest BCUT2D eigenvalue weighted by atomic mass is 19.2. The normalized spacial score (nSPS) is 10.6. The lowest BCUT2D eigenvalue weighted by Crippen LogP contribution is -1.97. The third-order valence-electron chi connectivity index (χ3n) is 2.93. The molecule has 2 rings (SSSR count). The highest BCUT2D eigenvalue weighted by Crippen LogP contribution is 2.34. The number of carbonyl (C=O) groups is 1. The molecule has 0 atom stereocenters. The first-order chi connectivity index (χ1) is 11.4. The fourth-order valence-corrected chi connectivity index (χ4v) is 1.78. The minimum atomic E-state index is -1.25. The van der Waals surface area contributed by atoms with Crippen LogP contribution in [0, 0.1) is 21.7 Å². The summed E-state index contributed by atoms with van der Waals surface area (Å²) in [5.41, 5.74) is -0.134. The second-order valence-electron chi connectivity index (χ2n) is 4.49. The van der Waals surface area contributed by atoms with Crippen molar-refractivity contribution < 1.29 is 28.0 Å². The molecule has 0 unspecified atom stereocenters. The number of nitro groups is 1. The van der Waals surface area contributed by atoms with Crippen molar-refractivity contribution in [3.8, 4) is 11.5 Å². The number of nitro benzene ring substituents is 1. The molecule has 0 amide bonds. The zero-order chi connectivity index (χ0) is 17.7. The molecule has 6 nitrogen and oxygen atoms in total. The number of ether oxygens (including phenoxy) is 2. The van der Waals surface area contributed by atoms with Gasteiger partial charge >= 0.3 is 11.7 Å². The van der Waals surface area contributed by atoms with Gasteiger partial charge in [-0.3, -0.25) is 10.1 Å². The van der Waals surface area contributed by atoms with Crippen LogP contribution in [0.5, 0.6) is 11.5 Å². The van der Waals surface area contributed by atoms with Crippen LogP contribution in [0.4, 0.5) is 14.5 Å². The Kier molecular flexibility index (Phi) is 5.20. The molecule has 0 aliphatic heterocycles. The summed E-state index contributed by atoms with van der Waals surface area (Å²) in [7, 11) is 1.19. The van der Waals surface area contributed by atoms with E-state index in [1.165, 1.54) is 31.4 Å². The van der Waals surface area contributed by atoms with E-state index in [2.05, 4.69) is 4.74 Å². The molecule has 2 aromatic rings. The van der Waals surface area contributed by atoms with Crippen LogP contribution >= 0.6 is 0 Å². The van der Waals surface area contributed by atoms with Crippen LogP contribution < -0.4 is 4.74 Å². The molecule has 0 fully saturated rings. The molecule has 24 heavy (non-hydrogen) atoms. The number of halogens is 2. The third kappa shape index (κ3) is 3.92. The summed E-state index contributed by atoms with van der Waals surface area (Å²) in [6, 6.07) is 7.03. The molecule has 0 aliphatic rings. The Morgan fingerprint density at radius 1 is 1.21 bits per heavy atom. The van der Waals surface area contributed by atoms with Crippen molar-refractivity contribution in [3.63, 3.8) is 0 Å². The van der Waals surface area contributed by atoms with Crippen molar-refractivity contribution in [1.29, 1.82) is 0 Å². The van der Waals surface area contributed by atoms with E-state index in [-0.39, 0.29) is 5.75 Å². The first-order valence-electron chi connectivity index (χ1n) is 6.58. The highest BCUT2D eigenvalue weighted by molar-refractivity contribution is 5.87. The maximum Gasteiger partial charge on any atom is 0.330 e. The third-order valence-corrected chi connectivity index (χ3v) is 2.93. The van der Waals surface area contributed by atoms with Crippen LogP contribution in [-0.4, -0.2) is 18.0 Å². The Morgan fingerprint density at radius 3 is 2.62 bits per heavy atom. The van der Waals surface area contributed by atoms with Gasteiger partial charge in [0.05, 0.1) is 12.0 Å². The van der Waals surface area contributed by atoms with Crippen LogP contribution in [0.25, 0.3) is 6.08 Å². The van der Waals surface area contributed by atoms with Crippen molar-refractivity contribution in [2.24, 2.45) is 0 Å². The van der Waals surface area contributed by atoms with Gasteiger partial charge in [-0.05, 0) is 29.8 Å². The first kappa shape index (κ1) is 17.1. The van der Waals surface area contributed by atoms with E-state index in [1.807, 2.05) is 0 Å². The van der Waals surface area contributed by atoms with Crippen LogP contribution in [0.15, 0.2) is 42.5 Å². The SMILES string of the molecule is COC(=O)/C=C/c1ccc(Oc2cccc(F)c2F)c([N+](=O)[O-])c1. The van der Waals surface area contributed by atoms with E-state index in [4.69, 9.17) is 4.74 Å². The number of benzene rings is 2. The minimum absolute atomic E-state index is 0.264. The number of hydrogen-bond acceptors (Lipinski definition) is 5. The minimum Gasteiger partial charge on any atom is -0.466 e. The van der Waals surface area contributed by atoms with Crippen LogP contribution in [0.2, 0.25) is 0 Å². The molecule has 0 saturated heterocycles. The molecule has 0 bridgehead atoms. The number of rotatable bonds is 5. The first-order valence-corrected chi connectivity index (χ1v) is 6.58. The molecule has 0 N–H and O–H groups in total. The topological polar surface area (TPSA) is 78.7 Å². The monoisotopic (exact) mass is 335 g/mol. The quantitative estimate of drug-likeness (QED) is 0.359. The van der Waals surface area contributed by atoms with Crippen molar-refractivity contribution in [2.75, 3.05) is 7.11 Å². The summed E-state index contributed by atoms with van der Waals surface area (Å²) < 4.78 is 36.3. The summed E-state index contributed by atoms with van der Waals surface area (Å²) in [5.74, 6) is -3.75. The maximum atomic E-state index is 13.6. The average Bonchev–Trinajstić information content (AvgIpc) is 2.57. The summed E-state index contributed by atoms with van der Waals surface area (Å²) in [4.78, 5) is 21.5. The van der Waals surface area contributed by atoms with Crippen molar-refractivity contribution in [3.05, 3.63) is 69.8 Å². The van der Waals surface area contributed by atoms with Crippen molar-refractivity contribution >= 4 is 17.7 Å². The Labute approximate surface area is 135 Å². The Bertz CT molecular complexity index is 820. The molecule has 0 heterocycles. The molecule has 0 aromatic heterocycles. The van der Waals surface area contributed by atoms with Gasteiger partial charge in [0.15, 0.2) is 11.6 Å². The number of methoxy groups -OCH3 is 1. The molecular formula is C16H11F2NO5. The fraction of sp³-hybridized carbons (Fsp3) is 0.0625. The molecule has 2 aromatic carbocycles. The predicted octanol–water partition coefficient (Wildman–Crippen LogP) is 3.85. The lowest BCUT2D eigenvalue weighted by molar-refractivity contribution is -0.385. The van der Waals surface area contributed by atoms with Crippen LogP contribution in [0.1, 0.15) is 5.56 Å². The summed E-state index contributed by atoms with van der Waals surface area (Å²) in [6.45, 7) is 0. The van der Waals surface area contributed by atoms with E-state index >= 15 is 0 Å². The van der Waals surface area contributed by atoms with Gasteiger partial charge in [0, 0.05) is 12.1 Å². The van der Waals surface area contributed by atoms with E-state index < -0.39 is 34.0 Å². The van der Waals surface area contributed by atoms with E-state index in [0.29, 0.717) is 5.56 Å². The Balaban J connectivity index is 2.37. The van der Waals surface area contributed by atoms with Gasteiger partial charge in [0.2, 0.25) is 11.6 Å². The van der Waals surface area contributed by atoms with Gasteiger partial charge < -0.3 is 9.47 Å². The van der Waals surface area contributed by atoms with Crippen molar-refractivity contribution in [2.45, 2.75) is 0 Å². The van der Waals surface area contributed by atoms with Crippen LogP contribution in [0.3, 0.4) is 0 Å². The molecule has 0 aliphatic carbocycles. The molecule has 0 spiro atoms. The number of carbonyl (C=O) groups excluding carboxylic acids is 1. The average molecular weight is 335 g/mol. The highest BCUT2D eigenvalue weighted by Gasteiger charge is 2.19. The molecular weight excluding hydrogens is 324 g/mol. The molecule has 8 heteroatoms. The number of esters is 1. The summed E-state index contributed by atoms with van der Waals surface area (Å²) in [5, 5.41) is 11.2. The van der Waals surface area contributed by atoms with E-state index in [0.717, 1.165) is 24.3 Å². The van der Waals surface area contributed by atoms with E-state index in [9.17, 15) is 23.7 Å². The fourth-order valence-electron chi connectivity index (χ4n) is 1.78. The van der Waals surface area contributed by atoms with E-state index in [1.54, 1.807) is 0 Å². The number of hydrogen-bond donors (Lipinski definition) is 0. The molecule has 0 saturated carbocycles. The lowest BCUT2D eigenvalue weighted by Gasteiger charge is -2.08. The second-order valence-corrected chi connectivity index (χ2v) is 4.49. The summed E-state index contributed by atoms with van der Waals surface area (Å²) >= 11 is 0. The molecule has 0 radical (unpaired) electrons. The summed E-state index contributed by atoms with van der Waals surface area (Å²) in [6.07, 6.45) is 2.40. The van der Waals surface area contributed by atoms with Gasteiger partial charge in [-0.15, -0.1) is 0 Å². The van der Waals surface area contributed by atoms with Gasteiger partial charge in [-0.2, -0.15) is 4.39 Å². The lowest BCUT2D eigenvalue weighted by atomic mass is 10.1. The Morgan fingerprint density at radius 2 is 1.96 bits per heavy atom. The zero-order valence-electron chi connectivity index (χ0n) is 12.4. The number of nitrogens with zero attached hydrogens (tertiary/aromatic N) is 1. The largest absolute Gasteiger partial charge is 0.466 e. The van der Waals surface area contributed by atoms with Crippen molar-refractivity contribution in [1.82, 2.24) is 0 Å². The van der Waals surface area contributed by atoms with Crippen LogP contribution in [-0.2, 0) is 9.53 Å². The maximum absolute atomic E-state index is 13.6. The standard InChI is InChI=1S/C16H11F2NO5/c1-23-15(20)8-6-10-5-7-13(12(9-10)19(21)22)24-14-4-2-3-11(17)16(14)18/h2-9H,1H3/b8-6+. The Hall–Kier alpha value is -3.29. The van der Waals surface area contributed by atoms with Gasteiger partial charge in [0.1, 0.15) is 0 Å². The second kappa shape index (κ2) is 7.32. The zero-order valence-corrected chi connectivity index (χ0v) is 12.4. The predicted molar refractivity (Wildman–Crippen MR) is 80.6 cm³/mol. The smallest absolute Gasteiger partial charge is 0.330 e. The van der Waals surface area contributed by atoms with Gasteiger partial charge in [-0.25, -0.2) is 9.18 Å². The molecule has 124 valence electrons. The van der Waals surface area contributed by atoms with Gasteiger partial charge in [-0.1, -0.05) is 12.1 Å². The van der Waals surface area contributed by atoms with Gasteiger partial charge in [0.25, 0.3) is 0 Å².